The van der Waals surface area contributed by atoms with Crippen molar-refractivity contribution < 1.29 is 24.2 Å². The first-order chi connectivity index (χ1) is 16.8. The number of ketones is 1. The van der Waals surface area contributed by atoms with Gasteiger partial charge in [0.2, 0.25) is 0 Å². The Bertz CT molecular complexity index is 1380. The first-order valence-corrected chi connectivity index (χ1v) is 10.9. The van der Waals surface area contributed by atoms with Crippen LogP contribution in [0.5, 0.6) is 11.5 Å². The molecule has 7 nitrogen and oxygen atoms in total. The van der Waals surface area contributed by atoms with Gasteiger partial charge < -0.3 is 14.6 Å². The molecule has 0 spiro atoms. The molecule has 0 aromatic heterocycles. The minimum Gasteiger partial charge on any atom is -0.507 e. The minimum atomic E-state index is -0.903. The predicted molar refractivity (Wildman–Crippen MR) is 131 cm³/mol. The molecule has 0 aliphatic carbocycles. The van der Waals surface area contributed by atoms with Crippen LogP contribution in [0.3, 0.4) is 0 Å². The third-order valence-electron chi connectivity index (χ3n) is 6.03. The second-order valence-electron chi connectivity index (χ2n) is 8.26. The topological polar surface area (TPSA) is 99.9 Å². The van der Waals surface area contributed by atoms with Crippen molar-refractivity contribution in [1.29, 1.82) is 5.26 Å². The van der Waals surface area contributed by atoms with Crippen LogP contribution in [-0.2, 0) is 9.59 Å². The zero-order chi connectivity index (χ0) is 25.3. The number of anilines is 1. The molecule has 0 bridgehead atoms. The van der Waals surface area contributed by atoms with Gasteiger partial charge in [0, 0.05) is 5.69 Å². The lowest BCUT2D eigenvalue weighted by Crippen LogP contribution is -2.29. The summed E-state index contributed by atoms with van der Waals surface area (Å²) in [5.41, 5.74) is 3.40. The van der Waals surface area contributed by atoms with Crippen LogP contribution in [-0.4, -0.2) is 31.0 Å². The summed E-state index contributed by atoms with van der Waals surface area (Å²) in [6, 6.07) is 18.1. The molecule has 1 heterocycles. The summed E-state index contributed by atoms with van der Waals surface area (Å²) < 4.78 is 10.8. The van der Waals surface area contributed by atoms with Crippen molar-refractivity contribution in [1.82, 2.24) is 0 Å². The molecule has 1 aliphatic heterocycles. The van der Waals surface area contributed by atoms with Gasteiger partial charge in [0.15, 0.2) is 0 Å². The van der Waals surface area contributed by atoms with Crippen LogP contribution >= 0.6 is 0 Å². The monoisotopic (exact) mass is 468 g/mol. The van der Waals surface area contributed by atoms with Crippen LogP contribution in [0.2, 0.25) is 0 Å². The van der Waals surface area contributed by atoms with E-state index in [2.05, 4.69) is 0 Å². The summed E-state index contributed by atoms with van der Waals surface area (Å²) in [6.45, 7) is 3.72. The van der Waals surface area contributed by atoms with Crippen molar-refractivity contribution in [3.8, 4) is 17.6 Å². The smallest absolute Gasteiger partial charge is 0.300 e. The highest BCUT2D eigenvalue weighted by Crippen LogP contribution is 2.44. The van der Waals surface area contributed by atoms with Gasteiger partial charge in [-0.15, -0.1) is 0 Å². The number of Topliss-reactive ketones (excluding diaryl/α,β-unsaturated/α-hetero) is 1. The van der Waals surface area contributed by atoms with E-state index in [1.54, 1.807) is 61.7 Å². The molecule has 7 heteroatoms. The average Bonchev–Trinajstić information content (AvgIpc) is 3.13. The number of methoxy groups -OCH3 is 2. The zero-order valence-corrected chi connectivity index (χ0v) is 19.8. The molecule has 1 atom stereocenters. The Morgan fingerprint density at radius 1 is 0.971 bits per heavy atom. The SMILES string of the molecule is COc1ccc(C2/C(=C(\O)c3cc(C)cc(C)c3OC)C(=O)C(=O)N2c2ccc(C#N)cc2)cc1. The fraction of sp³-hybridized carbons (Fsp3) is 0.179. The van der Waals surface area contributed by atoms with Crippen LogP contribution in [0, 0.1) is 25.2 Å². The summed E-state index contributed by atoms with van der Waals surface area (Å²) in [4.78, 5) is 28.0. The van der Waals surface area contributed by atoms with E-state index < -0.39 is 17.7 Å². The van der Waals surface area contributed by atoms with E-state index in [-0.39, 0.29) is 11.3 Å². The molecule has 1 N–H and O–H groups in total. The molecule has 0 radical (unpaired) electrons. The average molecular weight is 469 g/mol. The van der Waals surface area contributed by atoms with Gasteiger partial charge in [-0.25, -0.2) is 0 Å². The lowest BCUT2D eigenvalue weighted by molar-refractivity contribution is -0.132. The van der Waals surface area contributed by atoms with Gasteiger partial charge in [-0.3, -0.25) is 14.5 Å². The Labute approximate surface area is 203 Å². The largest absolute Gasteiger partial charge is 0.507 e. The Morgan fingerprint density at radius 2 is 1.63 bits per heavy atom. The van der Waals surface area contributed by atoms with Crippen molar-refractivity contribution in [3.63, 3.8) is 0 Å². The first kappa shape index (κ1) is 23.6. The second kappa shape index (κ2) is 9.35. The Kier molecular flexibility index (Phi) is 6.30. The third kappa shape index (κ3) is 4.11. The molecule has 4 rings (SSSR count). The molecule has 3 aromatic rings. The van der Waals surface area contributed by atoms with Gasteiger partial charge in [-0.05, 0) is 73.0 Å². The Morgan fingerprint density at radius 3 is 2.20 bits per heavy atom. The number of carbonyl (C=O) groups excluding carboxylic acids is 2. The highest BCUT2D eigenvalue weighted by Gasteiger charge is 2.47. The number of amides is 1. The van der Waals surface area contributed by atoms with Crippen LogP contribution in [0.15, 0.2) is 66.2 Å². The number of carbonyl (C=O) groups is 2. The highest BCUT2D eigenvalue weighted by atomic mass is 16.5. The zero-order valence-electron chi connectivity index (χ0n) is 19.8. The molecule has 1 aliphatic rings. The van der Waals surface area contributed by atoms with Gasteiger partial charge in [-0.1, -0.05) is 18.2 Å². The van der Waals surface area contributed by atoms with Crippen LogP contribution in [0.1, 0.15) is 33.9 Å². The van der Waals surface area contributed by atoms with Gasteiger partial charge in [0.25, 0.3) is 11.7 Å². The Hall–Kier alpha value is -4.57. The number of ether oxygens (including phenoxy) is 2. The maximum absolute atomic E-state index is 13.4. The molecule has 3 aromatic carbocycles. The van der Waals surface area contributed by atoms with E-state index in [4.69, 9.17) is 14.7 Å². The number of hydrogen-bond donors (Lipinski definition) is 1. The van der Waals surface area contributed by atoms with Crippen molar-refractivity contribution >= 4 is 23.1 Å². The van der Waals surface area contributed by atoms with E-state index in [1.807, 2.05) is 26.0 Å². The quantitative estimate of drug-likeness (QED) is 0.327. The van der Waals surface area contributed by atoms with E-state index >= 15 is 0 Å². The highest BCUT2D eigenvalue weighted by molar-refractivity contribution is 6.51. The van der Waals surface area contributed by atoms with Gasteiger partial charge in [0.1, 0.15) is 17.3 Å². The summed E-state index contributed by atoms with van der Waals surface area (Å²) in [7, 11) is 3.04. The molecule has 0 saturated carbocycles. The molecule has 1 fully saturated rings. The molecule has 1 amide bonds. The Balaban J connectivity index is 1.98. The second-order valence-corrected chi connectivity index (χ2v) is 8.26. The van der Waals surface area contributed by atoms with Gasteiger partial charge in [-0.2, -0.15) is 5.26 Å². The van der Waals surface area contributed by atoms with Crippen molar-refractivity contribution in [2.75, 3.05) is 19.1 Å². The van der Waals surface area contributed by atoms with Crippen molar-refractivity contribution in [2.45, 2.75) is 19.9 Å². The summed E-state index contributed by atoms with van der Waals surface area (Å²) in [5.74, 6) is -0.871. The van der Waals surface area contributed by atoms with Crippen molar-refractivity contribution in [2.24, 2.45) is 0 Å². The number of benzene rings is 3. The molecular formula is C28H24N2O5. The van der Waals surface area contributed by atoms with Crippen LogP contribution in [0.4, 0.5) is 5.69 Å². The summed E-state index contributed by atoms with van der Waals surface area (Å²) in [5, 5.41) is 20.6. The van der Waals surface area contributed by atoms with Gasteiger partial charge >= 0.3 is 0 Å². The fourth-order valence-electron chi connectivity index (χ4n) is 4.44. The molecule has 1 saturated heterocycles. The molecule has 1 unspecified atom stereocenters. The normalized spacial score (nSPS) is 16.8. The summed E-state index contributed by atoms with van der Waals surface area (Å²) in [6.07, 6.45) is 0. The first-order valence-electron chi connectivity index (χ1n) is 10.9. The number of hydrogen-bond acceptors (Lipinski definition) is 6. The standard InChI is InChI=1S/C28H24N2O5/c1-16-13-17(2)27(35-4)22(14-16)25(31)23-24(19-7-11-21(34-3)12-8-19)30(28(33)26(23)32)20-9-5-18(15-29)6-10-20/h5-14,24,31H,1-4H3/b25-23+. The number of aliphatic hydroxyl groups is 1. The number of nitriles is 1. The molecular weight excluding hydrogens is 444 g/mol. The molecule has 176 valence electrons. The van der Waals surface area contributed by atoms with Crippen molar-refractivity contribution in [3.05, 3.63) is 94.1 Å². The maximum atomic E-state index is 13.4. The van der Waals surface area contributed by atoms with Gasteiger partial charge in [0.05, 0.1) is 43.0 Å². The van der Waals surface area contributed by atoms with E-state index in [9.17, 15) is 14.7 Å². The van der Waals surface area contributed by atoms with Crippen LogP contribution in [0.25, 0.3) is 5.76 Å². The summed E-state index contributed by atoms with van der Waals surface area (Å²) >= 11 is 0. The number of rotatable bonds is 5. The third-order valence-corrected chi connectivity index (χ3v) is 6.03. The van der Waals surface area contributed by atoms with E-state index in [1.165, 1.54) is 12.0 Å². The van der Waals surface area contributed by atoms with E-state index in [0.29, 0.717) is 33.9 Å². The maximum Gasteiger partial charge on any atom is 0.300 e. The number of aliphatic hydroxyl groups excluding tert-OH is 1. The number of aryl methyl sites for hydroxylation is 2. The minimum absolute atomic E-state index is 0.0483. The van der Waals surface area contributed by atoms with E-state index in [0.717, 1.165) is 11.1 Å². The lowest BCUT2D eigenvalue weighted by atomic mass is 9.93. The molecule has 35 heavy (non-hydrogen) atoms. The lowest BCUT2D eigenvalue weighted by Gasteiger charge is -2.26. The fourth-order valence-corrected chi connectivity index (χ4v) is 4.44. The van der Waals surface area contributed by atoms with Crippen LogP contribution < -0.4 is 14.4 Å². The number of nitrogens with zero attached hydrogens (tertiary/aromatic N) is 2. The predicted octanol–water partition coefficient (Wildman–Crippen LogP) is 4.82.